The molecule has 1 aromatic heterocycles. The van der Waals surface area contributed by atoms with Crippen molar-refractivity contribution in [1.82, 2.24) is 5.32 Å². The molecule has 106 valence electrons. The van der Waals surface area contributed by atoms with Crippen LogP contribution in [0.2, 0.25) is 5.02 Å². The fraction of sp³-hybridized carbons (Fsp3) is 0.400. The van der Waals surface area contributed by atoms with E-state index >= 15 is 0 Å². The Morgan fingerprint density at radius 3 is 2.90 bits per heavy atom. The minimum atomic E-state index is -0.0708. The standard InChI is InChI=1S/C15H17ClN2OS/c1-8-4-2-6-10(8)18-15(19)14-13(17)12-9(16)5-3-7-11(12)20-14/h3,5,7-8,10H,2,4,6,17H2,1H3,(H,18,19). The van der Waals surface area contributed by atoms with Gasteiger partial charge in [0.05, 0.1) is 10.7 Å². The minimum Gasteiger partial charge on any atom is -0.397 e. The van der Waals surface area contributed by atoms with Gasteiger partial charge in [0.2, 0.25) is 0 Å². The first kappa shape index (κ1) is 13.7. The van der Waals surface area contributed by atoms with E-state index in [1.54, 1.807) is 6.07 Å². The molecule has 2 unspecified atom stereocenters. The molecule has 1 aliphatic rings. The summed E-state index contributed by atoms with van der Waals surface area (Å²) in [6, 6.07) is 5.88. The number of nitrogens with two attached hydrogens (primary N) is 1. The van der Waals surface area contributed by atoms with Crippen molar-refractivity contribution in [2.75, 3.05) is 5.73 Å². The van der Waals surface area contributed by atoms with Gasteiger partial charge in [-0.25, -0.2) is 0 Å². The number of thiophene rings is 1. The van der Waals surface area contributed by atoms with Crippen molar-refractivity contribution in [3.63, 3.8) is 0 Å². The summed E-state index contributed by atoms with van der Waals surface area (Å²) in [7, 11) is 0. The number of amides is 1. The van der Waals surface area contributed by atoms with Crippen LogP contribution < -0.4 is 11.1 Å². The SMILES string of the molecule is CC1CCCC1NC(=O)c1sc2cccc(Cl)c2c1N. The molecule has 2 atom stereocenters. The number of carbonyl (C=O) groups excluding carboxylic acids is 1. The predicted octanol–water partition coefficient (Wildman–Crippen LogP) is 4.06. The lowest BCUT2D eigenvalue weighted by Crippen LogP contribution is -2.36. The van der Waals surface area contributed by atoms with E-state index in [1.807, 2.05) is 12.1 Å². The first-order valence-corrected chi connectivity index (χ1v) is 8.04. The zero-order chi connectivity index (χ0) is 14.3. The maximum absolute atomic E-state index is 12.4. The number of nitrogens with one attached hydrogen (secondary N) is 1. The van der Waals surface area contributed by atoms with Gasteiger partial charge < -0.3 is 11.1 Å². The molecule has 0 aliphatic heterocycles. The summed E-state index contributed by atoms with van der Waals surface area (Å²) < 4.78 is 0.958. The summed E-state index contributed by atoms with van der Waals surface area (Å²) in [6.45, 7) is 2.18. The van der Waals surface area contributed by atoms with Gasteiger partial charge >= 0.3 is 0 Å². The first-order valence-electron chi connectivity index (χ1n) is 6.85. The summed E-state index contributed by atoms with van der Waals surface area (Å²) in [5.74, 6) is 0.469. The highest BCUT2D eigenvalue weighted by atomic mass is 35.5. The lowest BCUT2D eigenvalue weighted by molar-refractivity contribution is 0.0934. The smallest absolute Gasteiger partial charge is 0.263 e. The Morgan fingerprint density at radius 1 is 1.45 bits per heavy atom. The highest BCUT2D eigenvalue weighted by Gasteiger charge is 2.27. The normalized spacial score (nSPS) is 22.3. The molecule has 1 aromatic carbocycles. The van der Waals surface area contributed by atoms with Gasteiger partial charge in [-0.1, -0.05) is 31.0 Å². The monoisotopic (exact) mass is 308 g/mol. The van der Waals surface area contributed by atoms with Crippen molar-refractivity contribution in [3.05, 3.63) is 28.1 Å². The maximum atomic E-state index is 12.4. The van der Waals surface area contributed by atoms with Crippen LogP contribution in [-0.2, 0) is 0 Å². The number of halogens is 1. The van der Waals surface area contributed by atoms with Crippen molar-refractivity contribution in [1.29, 1.82) is 0 Å². The van der Waals surface area contributed by atoms with Crippen LogP contribution in [0.5, 0.6) is 0 Å². The van der Waals surface area contributed by atoms with Crippen LogP contribution in [0.25, 0.3) is 10.1 Å². The van der Waals surface area contributed by atoms with E-state index in [-0.39, 0.29) is 11.9 Å². The van der Waals surface area contributed by atoms with Gasteiger partial charge in [-0.15, -0.1) is 11.3 Å². The van der Waals surface area contributed by atoms with E-state index in [2.05, 4.69) is 12.2 Å². The molecule has 3 rings (SSSR count). The summed E-state index contributed by atoms with van der Waals surface area (Å²) in [5.41, 5.74) is 6.61. The number of fused-ring (bicyclic) bond motifs is 1. The van der Waals surface area contributed by atoms with Crippen LogP contribution in [0, 0.1) is 5.92 Å². The minimum absolute atomic E-state index is 0.0708. The Labute approximate surface area is 127 Å². The quantitative estimate of drug-likeness (QED) is 0.879. The van der Waals surface area contributed by atoms with E-state index in [0.29, 0.717) is 21.5 Å². The van der Waals surface area contributed by atoms with Crippen molar-refractivity contribution in [2.45, 2.75) is 32.2 Å². The number of carbonyl (C=O) groups is 1. The molecular formula is C15H17ClN2OS. The molecule has 3 nitrogen and oxygen atoms in total. The second-order valence-electron chi connectivity index (χ2n) is 5.45. The summed E-state index contributed by atoms with van der Waals surface area (Å²) in [4.78, 5) is 13.0. The zero-order valence-corrected chi connectivity index (χ0v) is 12.9. The molecule has 2 aromatic rings. The lowest BCUT2D eigenvalue weighted by Gasteiger charge is -2.16. The van der Waals surface area contributed by atoms with Gasteiger partial charge in [0.15, 0.2) is 0 Å². The van der Waals surface area contributed by atoms with E-state index in [1.165, 1.54) is 24.2 Å². The third kappa shape index (κ3) is 2.27. The summed E-state index contributed by atoms with van der Waals surface area (Å²) in [6.07, 6.45) is 3.41. The highest BCUT2D eigenvalue weighted by Crippen LogP contribution is 2.38. The molecule has 1 amide bonds. The van der Waals surface area contributed by atoms with E-state index in [4.69, 9.17) is 17.3 Å². The average molecular weight is 309 g/mol. The van der Waals surface area contributed by atoms with Crippen LogP contribution in [0.1, 0.15) is 35.9 Å². The first-order chi connectivity index (χ1) is 9.58. The summed E-state index contributed by atoms with van der Waals surface area (Å²) in [5, 5.41) is 4.51. The van der Waals surface area contributed by atoms with E-state index < -0.39 is 0 Å². The Morgan fingerprint density at radius 2 is 2.25 bits per heavy atom. The third-order valence-corrected chi connectivity index (χ3v) is 5.57. The molecule has 1 heterocycles. The molecular weight excluding hydrogens is 292 g/mol. The number of hydrogen-bond acceptors (Lipinski definition) is 3. The van der Waals surface area contributed by atoms with Crippen LogP contribution >= 0.6 is 22.9 Å². The molecule has 0 radical (unpaired) electrons. The van der Waals surface area contributed by atoms with Gasteiger partial charge in [-0.2, -0.15) is 0 Å². The average Bonchev–Trinajstić information content (AvgIpc) is 2.95. The fourth-order valence-electron chi connectivity index (χ4n) is 2.89. The molecule has 1 aliphatic carbocycles. The van der Waals surface area contributed by atoms with Crippen molar-refractivity contribution in [3.8, 4) is 0 Å². The molecule has 0 bridgehead atoms. The number of nitrogen functional groups attached to an aromatic ring is 1. The lowest BCUT2D eigenvalue weighted by atomic mass is 10.1. The zero-order valence-electron chi connectivity index (χ0n) is 11.3. The molecule has 3 N–H and O–H groups in total. The van der Waals surface area contributed by atoms with Crippen molar-refractivity contribution < 1.29 is 4.79 Å². The van der Waals surface area contributed by atoms with Gasteiger partial charge in [0.1, 0.15) is 4.88 Å². The van der Waals surface area contributed by atoms with Crippen LogP contribution in [0.3, 0.4) is 0 Å². The number of anilines is 1. The number of benzene rings is 1. The van der Waals surface area contributed by atoms with E-state index in [9.17, 15) is 4.79 Å². The molecule has 1 fully saturated rings. The topological polar surface area (TPSA) is 55.1 Å². The third-order valence-electron chi connectivity index (χ3n) is 4.09. The van der Waals surface area contributed by atoms with Crippen LogP contribution in [-0.4, -0.2) is 11.9 Å². The predicted molar refractivity (Wildman–Crippen MR) is 85.5 cm³/mol. The largest absolute Gasteiger partial charge is 0.397 e. The van der Waals surface area contributed by atoms with Gasteiger partial charge in [-0.05, 0) is 30.9 Å². The highest BCUT2D eigenvalue weighted by molar-refractivity contribution is 7.21. The number of hydrogen-bond donors (Lipinski definition) is 2. The Hall–Kier alpha value is -1.26. The van der Waals surface area contributed by atoms with Gasteiger partial charge in [0.25, 0.3) is 5.91 Å². The van der Waals surface area contributed by atoms with Crippen molar-refractivity contribution >= 4 is 44.6 Å². The molecule has 0 spiro atoms. The second-order valence-corrected chi connectivity index (χ2v) is 6.91. The maximum Gasteiger partial charge on any atom is 0.263 e. The molecule has 20 heavy (non-hydrogen) atoms. The van der Waals surface area contributed by atoms with Crippen LogP contribution in [0.15, 0.2) is 18.2 Å². The Balaban J connectivity index is 1.92. The Bertz CT molecular complexity index is 667. The Kier molecular flexibility index (Phi) is 3.61. The summed E-state index contributed by atoms with van der Waals surface area (Å²) >= 11 is 7.58. The van der Waals surface area contributed by atoms with Crippen LogP contribution in [0.4, 0.5) is 5.69 Å². The number of rotatable bonds is 2. The van der Waals surface area contributed by atoms with Crippen molar-refractivity contribution in [2.24, 2.45) is 5.92 Å². The van der Waals surface area contributed by atoms with E-state index in [0.717, 1.165) is 16.5 Å². The molecule has 0 saturated heterocycles. The van der Waals surface area contributed by atoms with Gasteiger partial charge in [-0.3, -0.25) is 4.79 Å². The van der Waals surface area contributed by atoms with Gasteiger partial charge in [0, 0.05) is 16.1 Å². The molecule has 1 saturated carbocycles. The molecule has 5 heteroatoms. The second kappa shape index (κ2) is 5.26. The fourth-order valence-corrected chi connectivity index (χ4v) is 4.28.